The van der Waals surface area contributed by atoms with Crippen molar-refractivity contribution >= 4 is 45.8 Å². The minimum Gasteiger partial charge on any atom is -0.449 e. The second kappa shape index (κ2) is 9.40. The number of nitriles is 1. The lowest BCUT2D eigenvalue weighted by Gasteiger charge is -2.27. The molecule has 1 unspecified atom stereocenters. The second-order valence-corrected chi connectivity index (χ2v) is 8.43. The van der Waals surface area contributed by atoms with Crippen LogP contribution < -0.4 is 10.2 Å². The van der Waals surface area contributed by atoms with Gasteiger partial charge in [0, 0.05) is 22.2 Å². The zero-order valence-electron chi connectivity index (χ0n) is 19.6. The molecule has 5 rings (SSSR count). The molecule has 0 bridgehead atoms. The lowest BCUT2D eigenvalue weighted by atomic mass is 9.94. The highest BCUT2D eigenvalue weighted by Crippen LogP contribution is 2.32. The Morgan fingerprint density at radius 2 is 1.46 bits per heavy atom. The Balaban J connectivity index is 1.29. The fourth-order valence-electron chi connectivity index (χ4n) is 4.17. The number of nitrogens with one attached hydrogen (secondary N) is 1. The van der Waals surface area contributed by atoms with Crippen molar-refractivity contribution in [3.8, 4) is 6.07 Å². The number of nitrogens with zero attached hydrogens (tertiary/aromatic N) is 2. The van der Waals surface area contributed by atoms with Gasteiger partial charge in [-0.05, 0) is 73.0 Å². The number of hydrogen-bond acceptors (Lipinski definition) is 6. The van der Waals surface area contributed by atoms with E-state index in [4.69, 9.17) is 10.00 Å². The van der Waals surface area contributed by atoms with Crippen molar-refractivity contribution < 1.29 is 23.9 Å². The molecule has 0 radical (unpaired) electrons. The summed E-state index contributed by atoms with van der Waals surface area (Å²) in [7, 11) is 0. The fraction of sp³-hybridized carbons (Fsp3) is 0.0690. The molecular weight excluding hydrogens is 470 g/mol. The molecule has 0 fully saturated rings. The molecule has 1 heterocycles. The molecule has 0 saturated carbocycles. The van der Waals surface area contributed by atoms with Crippen molar-refractivity contribution in [1.29, 1.82) is 5.26 Å². The van der Waals surface area contributed by atoms with Crippen LogP contribution in [0.15, 0.2) is 84.9 Å². The highest BCUT2D eigenvalue weighted by atomic mass is 16.5. The molecule has 0 spiro atoms. The van der Waals surface area contributed by atoms with Crippen LogP contribution in [0.1, 0.15) is 43.6 Å². The number of benzene rings is 4. The molecule has 8 heteroatoms. The van der Waals surface area contributed by atoms with Gasteiger partial charge in [-0.2, -0.15) is 5.26 Å². The van der Waals surface area contributed by atoms with Gasteiger partial charge in [0.05, 0.1) is 22.9 Å². The van der Waals surface area contributed by atoms with Crippen LogP contribution in [0.3, 0.4) is 0 Å². The summed E-state index contributed by atoms with van der Waals surface area (Å²) in [4.78, 5) is 52.5. The highest BCUT2D eigenvalue weighted by molar-refractivity contribution is 6.35. The van der Waals surface area contributed by atoms with Crippen LogP contribution in [-0.4, -0.2) is 29.8 Å². The summed E-state index contributed by atoms with van der Waals surface area (Å²) in [6, 6.07) is 24.7. The van der Waals surface area contributed by atoms with Crippen molar-refractivity contribution in [2.45, 2.75) is 13.0 Å². The average molecular weight is 489 g/mol. The van der Waals surface area contributed by atoms with E-state index in [2.05, 4.69) is 5.32 Å². The molecule has 4 aromatic carbocycles. The van der Waals surface area contributed by atoms with E-state index in [9.17, 15) is 19.2 Å². The summed E-state index contributed by atoms with van der Waals surface area (Å²) in [6.07, 6.45) is -1.09. The van der Waals surface area contributed by atoms with Gasteiger partial charge in [0.1, 0.15) is 0 Å². The molecular formula is C29H19N3O5. The van der Waals surface area contributed by atoms with Gasteiger partial charge >= 0.3 is 5.97 Å². The van der Waals surface area contributed by atoms with Crippen LogP contribution in [0.4, 0.5) is 11.4 Å². The summed E-state index contributed by atoms with van der Waals surface area (Å²) in [5, 5.41) is 12.9. The molecule has 3 amide bonds. The molecule has 37 heavy (non-hydrogen) atoms. The van der Waals surface area contributed by atoms with Crippen LogP contribution in [-0.2, 0) is 9.53 Å². The summed E-state index contributed by atoms with van der Waals surface area (Å²) in [6.45, 7) is 1.44. The Bertz CT molecular complexity index is 1570. The first-order valence-corrected chi connectivity index (χ1v) is 11.4. The molecule has 0 aliphatic carbocycles. The van der Waals surface area contributed by atoms with Gasteiger partial charge in [-0.1, -0.05) is 24.3 Å². The number of imide groups is 1. The van der Waals surface area contributed by atoms with Crippen molar-refractivity contribution in [3.05, 3.63) is 107 Å². The van der Waals surface area contributed by atoms with Crippen LogP contribution in [0, 0.1) is 11.3 Å². The van der Waals surface area contributed by atoms with Gasteiger partial charge in [-0.3, -0.25) is 14.4 Å². The van der Waals surface area contributed by atoms with Crippen LogP contribution in [0.25, 0.3) is 10.8 Å². The summed E-state index contributed by atoms with van der Waals surface area (Å²) in [5.41, 5.74) is 2.24. The van der Waals surface area contributed by atoms with Crippen LogP contribution >= 0.6 is 0 Å². The third-order valence-corrected chi connectivity index (χ3v) is 6.07. The smallest absolute Gasteiger partial charge is 0.338 e. The van der Waals surface area contributed by atoms with Crippen molar-refractivity contribution in [2.24, 2.45) is 0 Å². The minimum absolute atomic E-state index is 0.154. The first kappa shape index (κ1) is 23.5. The average Bonchev–Trinajstić information content (AvgIpc) is 2.92. The molecule has 0 aromatic heterocycles. The van der Waals surface area contributed by atoms with Crippen molar-refractivity contribution in [3.63, 3.8) is 0 Å². The van der Waals surface area contributed by atoms with Crippen molar-refractivity contribution in [2.75, 3.05) is 10.2 Å². The third kappa shape index (κ3) is 4.30. The topological polar surface area (TPSA) is 117 Å². The van der Waals surface area contributed by atoms with Gasteiger partial charge in [0.15, 0.2) is 6.10 Å². The number of carbonyl (C=O) groups excluding carboxylic acids is 4. The van der Waals surface area contributed by atoms with Crippen molar-refractivity contribution in [1.82, 2.24) is 0 Å². The summed E-state index contributed by atoms with van der Waals surface area (Å²) in [5.74, 6) is -2.16. The molecule has 1 aliphatic rings. The highest BCUT2D eigenvalue weighted by Gasteiger charge is 2.33. The van der Waals surface area contributed by atoms with Gasteiger partial charge in [0.25, 0.3) is 17.7 Å². The Morgan fingerprint density at radius 3 is 2.03 bits per heavy atom. The normalized spacial score (nSPS) is 13.1. The maximum absolute atomic E-state index is 13.2. The lowest BCUT2D eigenvalue weighted by molar-refractivity contribution is -0.123. The number of carbonyl (C=O) groups is 4. The molecule has 1 N–H and O–H groups in total. The number of amides is 3. The SMILES string of the molecule is CC(OC(=O)c1ccc(N2C(=O)c3cccc4cccc(c34)C2=O)cc1)C(=O)Nc1ccc(C#N)cc1. The molecule has 8 nitrogen and oxygen atoms in total. The quantitative estimate of drug-likeness (QED) is 0.321. The zero-order valence-corrected chi connectivity index (χ0v) is 19.6. The standard InChI is InChI=1S/C29H19N3O5/c1-17(26(33)31-21-12-8-18(16-30)9-13-21)37-29(36)20-10-14-22(15-11-20)32-27(34)23-6-2-4-19-5-3-7-24(25(19)23)28(32)35/h2-15,17H,1H3,(H,31,33). The van der Waals surface area contributed by atoms with Gasteiger partial charge in [-0.15, -0.1) is 0 Å². The van der Waals surface area contributed by atoms with E-state index in [1.54, 1.807) is 48.5 Å². The second-order valence-electron chi connectivity index (χ2n) is 8.43. The van der Waals surface area contributed by atoms with E-state index in [1.165, 1.54) is 31.2 Å². The summed E-state index contributed by atoms with van der Waals surface area (Å²) >= 11 is 0. The zero-order chi connectivity index (χ0) is 26.1. The number of rotatable bonds is 5. The van der Waals surface area contributed by atoms with E-state index < -0.39 is 29.8 Å². The molecule has 0 saturated heterocycles. The molecule has 4 aromatic rings. The van der Waals surface area contributed by atoms with E-state index in [1.807, 2.05) is 18.2 Å². The molecule has 180 valence electrons. The Kier molecular flexibility index (Phi) is 5.96. The van der Waals surface area contributed by atoms with Gasteiger partial charge < -0.3 is 10.1 Å². The minimum atomic E-state index is -1.09. The van der Waals surface area contributed by atoms with Crippen LogP contribution in [0.5, 0.6) is 0 Å². The summed E-state index contributed by atoms with van der Waals surface area (Å²) < 4.78 is 5.28. The maximum atomic E-state index is 13.2. The maximum Gasteiger partial charge on any atom is 0.338 e. The Hall–Kier alpha value is -5.29. The number of anilines is 2. The predicted molar refractivity (Wildman–Crippen MR) is 136 cm³/mol. The number of esters is 1. The fourth-order valence-corrected chi connectivity index (χ4v) is 4.17. The Labute approximate surface area is 211 Å². The molecule has 1 atom stereocenters. The van der Waals surface area contributed by atoms with E-state index >= 15 is 0 Å². The first-order chi connectivity index (χ1) is 17.9. The third-order valence-electron chi connectivity index (χ3n) is 6.07. The predicted octanol–water partition coefficient (Wildman–Crippen LogP) is 4.70. The first-order valence-electron chi connectivity index (χ1n) is 11.4. The van der Waals surface area contributed by atoms with E-state index in [0.29, 0.717) is 33.5 Å². The van der Waals surface area contributed by atoms with Gasteiger partial charge in [-0.25, -0.2) is 9.69 Å². The van der Waals surface area contributed by atoms with E-state index in [0.717, 1.165) is 10.3 Å². The van der Waals surface area contributed by atoms with Crippen LogP contribution in [0.2, 0.25) is 0 Å². The van der Waals surface area contributed by atoms with Gasteiger partial charge in [0.2, 0.25) is 0 Å². The largest absolute Gasteiger partial charge is 0.449 e. The number of hydrogen-bond donors (Lipinski definition) is 1. The monoisotopic (exact) mass is 489 g/mol. The Morgan fingerprint density at radius 1 is 0.865 bits per heavy atom. The van der Waals surface area contributed by atoms with E-state index in [-0.39, 0.29) is 5.56 Å². The number of ether oxygens (including phenoxy) is 1. The molecule has 1 aliphatic heterocycles. The lowest BCUT2D eigenvalue weighted by Crippen LogP contribution is -2.40.